The number of carbonyl (C=O) groups is 2. The molecule has 2 amide bonds. The van der Waals surface area contributed by atoms with Gasteiger partial charge in [0.05, 0.1) is 6.42 Å². The minimum atomic E-state index is -0.746. The average molecular weight is 544 g/mol. The van der Waals surface area contributed by atoms with Crippen molar-refractivity contribution in [1.82, 2.24) is 10.3 Å². The number of allylic oxidation sites excluding steroid dienone is 4. The first-order valence-corrected chi connectivity index (χ1v) is 11.6. The van der Waals surface area contributed by atoms with Gasteiger partial charge in [-0.05, 0) is 49.2 Å². The number of amides is 2. The molecule has 0 saturated carbocycles. The summed E-state index contributed by atoms with van der Waals surface area (Å²) in [4.78, 5) is 36.2. The van der Waals surface area contributed by atoms with Gasteiger partial charge in [0.1, 0.15) is 5.56 Å². The minimum absolute atomic E-state index is 0.0245. The number of pyridine rings is 1. The molecule has 2 aromatic rings. The number of unbranched alkanes of at least 4 members (excludes halogenated alkanes) is 1. The van der Waals surface area contributed by atoms with E-state index < -0.39 is 17.6 Å². The lowest BCUT2D eigenvalue weighted by molar-refractivity contribution is -0.119. The van der Waals surface area contributed by atoms with E-state index in [1.54, 1.807) is 6.92 Å². The molecule has 1 aromatic carbocycles. The lowest BCUT2D eigenvalue weighted by atomic mass is 10.1. The first-order valence-electron chi connectivity index (χ1n) is 10.8. The Morgan fingerprint density at radius 3 is 2.74 bits per heavy atom. The van der Waals surface area contributed by atoms with Gasteiger partial charge in [0.25, 0.3) is 5.91 Å². The molecule has 8 nitrogen and oxygen atoms in total. The van der Waals surface area contributed by atoms with E-state index in [4.69, 9.17) is 10.5 Å². The summed E-state index contributed by atoms with van der Waals surface area (Å²) in [5.41, 5.74) is 6.36. The van der Waals surface area contributed by atoms with E-state index in [0.717, 1.165) is 17.3 Å². The van der Waals surface area contributed by atoms with Gasteiger partial charge in [-0.2, -0.15) is 0 Å². The molecule has 0 fully saturated rings. The van der Waals surface area contributed by atoms with Crippen molar-refractivity contribution in [3.05, 3.63) is 76.2 Å². The number of aromatic nitrogens is 1. The molecule has 0 radical (unpaired) electrons. The van der Waals surface area contributed by atoms with Crippen LogP contribution in [-0.2, 0) is 11.2 Å². The van der Waals surface area contributed by atoms with Crippen LogP contribution in [0.5, 0.6) is 11.6 Å². The van der Waals surface area contributed by atoms with Crippen molar-refractivity contribution in [2.45, 2.75) is 33.1 Å². The van der Waals surface area contributed by atoms with E-state index >= 15 is 0 Å². The van der Waals surface area contributed by atoms with Gasteiger partial charge in [-0.15, -0.1) is 0 Å². The third-order valence-electron chi connectivity index (χ3n) is 4.43. The third kappa shape index (κ3) is 9.24. The molecule has 35 heavy (non-hydrogen) atoms. The molecule has 0 saturated heterocycles. The molecule has 0 bridgehead atoms. The number of halogens is 2. The Balaban J connectivity index is 2.04. The number of aliphatic imine (C=N–C) groups is 2. The van der Waals surface area contributed by atoms with Crippen molar-refractivity contribution in [2.24, 2.45) is 15.7 Å². The minimum Gasteiger partial charge on any atom is -0.435 e. The molecule has 1 heterocycles. The van der Waals surface area contributed by atoms with Gasteiger partial charge in [-0.25, -0.2) is 14.4 Å². The summed E-state index contributed by atoms with van der Waals surface area (Å²) in [7, 11) is 1.51. The molecule has 0 aliphatic heterocycles. The fourth-order valence-corrected chi connectivity index (χ4v) is 3.32. The first kappa shape index (κ1) is 27.6. The van der Waals surface area contributed by atoms with Crippen molar-refractivity contribution in [3.63, 3.8) is 0 Å². The quantitative estimate of drug-likeness (QED) is 0.266. The van der Waals surface area contributed by atoms with Crippen LogP contribution in [0.2, 0.25) is 0 Å². The Morgan fingerprint density at radius 1 is 1.31 bits per heavy atom. The number of nitrogens with two attached hydrogens (primary N) is 1. The fourth-order valence-electron chi connectivity index (χ4n) is 2.80. The summed E-state index contributed by atoms with van der Waals surface area (Å²) < 4.78 is 20.8. The number of ether oxygens (including phenoxy) is 1. The van der Waals surface area contributed by atoms with Gasteiger partial charge in [-0.1, -0.05) is 47.5 Å². The second-order valence-corrected chi connectivity index (χ2v) is 8.25. The van der Waals surface area contributed by atoms with Crippen LogP contribution in [0.3, 0.4) is 0 Å². The highest BCUT2D eigenvalue weighted by molar-refractivity contribution is 9.11. The highest BCUT2D eigenvalue weighted by Gasteiger charge is 2.15. The summed E-state index contributed by atoms with van der Waals surface area (Å²) in [5.74, 6) is -2.01. The average Bonchev–Trinajstić information content (AvgIpc) is 2.80. The van der Waals surface area contributed by atoms with Crippen LogP contribution in [0, 0.1) is 5.82 Å². The van der Waals surface area contributed by atoms with Gasteiger partial charge >= 0.3 is 0 Å². The van der Waals surface area contributed by atoms with Crippen LogP contribution in [0.1, 0.15) is 42.6 Å². The molecule has 0 unspecified atom stereocenters. The smallest absolute Gasteiger partial charge is 0.254 e. The summed E-state index contributed by atoms with van der Waals surface area (Å²) >= 11 is 3.45. The predicted octanol–water partition coefficient (Wildman–Crippen LogP) is 4.85. The van der Waals surface area contributed by atoms with E-state index in [2.05, 4.69) is 43.1 Å². The maximum atomic E-state index is 14.6. The topological polar surface area (TPSA) is 119 Å². The maximum Gasteiger partial charge on any atom is 0.254 e. The fraction of sp³-hybridized carbons (Fsp3) is 0.240. The molecule has 1 aromatic heterocycles. The van der Waals surface area contributed by atoms with Crippen molar-refractivity contribution in [1.29, 1.82) is 0 Å². The number of benzene rings is 1. The molecular formula is C25H27BrFN5O3. The lowest BCUT2D eigenvalue weighted by Gasteiger charge is -2.10. The zero-order chi connectivity index (χ0) is 25.8. The molecule has 0 spiro atoms. The largest absolute Gasteiger partial charge is 0.435 e. The summed E-state index contributed by atoms with van der Waals surface area (Å²) in [6, 6.07) is 7.00. The summed E-state index contributed by atoms with van der Waals surface area (Å²) in [5, 5.41) is 2.61. The van der Waals surface area contributed by atoms with Crippen molar-refractivity contribution in [2.75, 3.05) is 7.05 Å². The number of rotatable bonds is 9. The Morgan fingerprint density at radius 2 is 2.09 bits per heavy atom. The molecule has 0 atom stereocenters. The van der Waals surface area contributed by atoms with Gasteiger partial charge in [0.15, 0.2) is 11.6 Å². The molecule has 10 heteroatoms. The summed E-state index contributed by atoms with van der Waals surface area (Å²) in [6.45, 7) is 3.88. The van der Waals surface area contributed by atoms with E-state index in [1.165, 1.54) is 43.6 Å². The van der Waals surface area contributed by atoms with Gasteiger partial charge < -0.3 is 10.5 Å². The van der Waals surface area contributed by atoms with Crippen LogP contribution >= 0.6 is 15.9 Å². The first-order chi connectivity index (χ1) is 16.7. The van der Waals surface area contributed by atoms with E-state index in [0.29, 0.717) is 11.3 Å². The number of nitrogens with one attached hydrogen (secondary N) is 1. The molecule has 2 rings (SSSR count). The molecule has 0 aliphatic carbocycles. The van der Waals surface area contributed by atoms with Crippen molar-refractivity contribution in [3.8, 4) is 11.6 Å². The molecule has 0 aliphatic rings. The summed E-state index contributed by atoms with van der Waals surface area (Å²) in [6.07, 6.45) is 9.11. The standard InChI is InChI=1S/C25H27BrFN5O3/c1-4-5-6-8-18(26)13-16(2)31-25(29-3)32-22(33)15-17-10-11-21(20(27)14-17)35-24-19(23(28)34)9-7-12-30-24/h6-14H,4-5,15H2,1-3H3,(H2,28,34)(H,29,32,33)/b8-6-,18-13+,31-16+. The molecule has 3 N–H and O–H groups in total. The Labute approximate surface area is 212 Å². The van der Waals surface area contributed by atoms with Crippen LogP contribution in [0.15, 0.2) is 69.2 Å². The Kier molecular flexibility index (Phi) is 11.0. The Bertz CT molecular complexity index is 1190. The number of carbonyl (C=O) groups excluding carboxylic acids is 2. The van der Waals surface area contributed by atoms with Gasteiger partial charge in [-0.3, -0.25) is 19.9 Å². The van der Waals surface area contributed by atoms with Gasteiger partial charge in [0.2, 0.25) is 17.7 Å². The second kappa shape index (κ2) is 13.9. The zero-order valence-corrected chi connectivity index (χ0v) is 21.3. The second-order valence-electron chi connectivity index (χ2n) is 7.33. The number of guanidine groups is 1. The maximum absolute atomic E-state index is 14.6. The zero-order valence-electron chi connectivity index (χ0n) is 19.7. The van der Waals surface area contributed by atoms with Crippen molar-refractivity contribution >= 4 is 39.4 Å². The SMILES string of the molecule is CCC\C=C/C(Br)=C\C(C)=N\C(=N/C)NC(=O)Cc1ccc(Oc2ncccc2C(N)=O)c(F)c1. The number of nitrogens with zero attached hydrogens (tertiary/aromatic N) is 3. The van der Waals surface area contributed by atoms with Crippen LogP contribution < -0.4 is 15.8 Å². The number of hydrogen-bond donors (Lipinski definition) is 2. The van der Waals surface area contributed by atoms with E-state index in [1.807, 2.05) is 18.2 Å². The van der Waals surface area contributed by atoms with E-state index in [9.17, 15) is 14.0 Å². The Hall–Kier alpha value is -3.66. The lowest BCUT2D eigenvalue weighted by Crippen LogP contribution is -2.31. The number of primary amides is 1. The molecular weight excluding hydrogens is 517 g/mol. The van der Waals surface area contributed by atoms with Crippen LogP contribution in [0.4, 0.5) is 4.39 Å². The predicted molar refractivity (Wildman–Crippen MR) is 139 cm³/mol. The molecule has 184 valence electrons. The normalized spacial score (nSPS) is 12.7. The van der Waals surface area contributed by atoms with E-state index in [-0.39, 0.29) is 29.6 Å². The third-order valence-corrected chi connectivity index (χ3v) is 4.92. The van der Waals surface area contributed by atoms with Gasteiger partial charge in [0, 0.05) is 23.4 Å². The number of hydrogen-bond acceptors (Lipinski definition) is 5. The van der Waals surface area contributed by atoms with Crippen molar-refractivity contribution < 1.29 is 18.7 Å². The highest BCUT2D eigenvalue weighted by Crippen LogP contribution is 2.26. The van der Waals surface area contributed by atoms with Crippen LogP contribution in [0.25, 0.3) is 0 Å². The highest BCUT2D eigenvalue weighted by atomic mass is 79.9. The van der Waals surface area contributed by atoms with Crippen LogP contribution in [-0.4, -0.2) is 35.5 Å². The monoisotopic (exact) mass is 543 g/mol.